The van der Waals surface area contributed by atoms with Gasteiger partial charge in [-0.05, 0) is 11.1 Å². The summed E-state index contributed by atoms with van der Waals surface area (Å²) in [5, 5.41) is -0.0474. The van der Waals surface area contributed by atoms with Crippen molar-refractivity contribution in [2.75, 3.05) is 0 Å². The zero-order chi connectivity index (χ0) is 28.9. The van der Waals surface area contributed by atoms with E-state index in [4.69, 9.17) is 0 Å². The molecule has 4 heteroatoms. The molecule has 0 aliphatic heterocycles. The molecule has 208 valence electrons. The summed E-state index contributed by atoms with van der Waals surface area (Å²) in [6.07, 6.45) is 8.58. The number of hydrogen-bond acceptors (Lipinski definition) is 1. The number of benzene rings is 5. The molecule has 6 aromatic rings. The van der Waals surface area contributed by atoms with E-state index in [9.17, 15) is 0 Å². The summed E-state index contributed by atoms with van der Waals surface area (Å²) in [6.45, 7) is 2.59. The first-order valence-corrected chi connectivity index (χ1v) is 16.8. The number of rotatable bonds is 10. The van der Waals surface area contributed by atoms with Crippen molar-refractivity contribution in [2.24, 2.45) is 0 Å². The van der Waals surface area contributed by atoms with Crippen LogP contribution in [0.4, 0.5) is 0 Å². The first-order valence-electron chi connectivity index (χ1n) is 15.1. The van der Waals surface area contributed by atoms with Crippen LogP contribution in [0.5, 0.6) is 0 Å². The Kier molecular flexibility index (Phi) is 10.4. The molecule has 0 fully saturated rings. The summed E-state index contributed by atoms with van der Waals surface area (Å²) in [5.74, 6) is 0. The Balaban J connectivity index is 0.000000171. The molecule has 0 aliphatic rings. The quantitative estimate of drug-likeness (QED) is 0.143. The van der Waals surface area contributed by atoms with Gasteiger partial charge in [0.05, 0.1) is 21.0 Å². The van der Waals surface area contributed by atoms with Crippen molar-refractivity contribution >= 4 is 32.6 Å². The highest BCUT2D eigenvalue weighted by Gasteiger charge is 2.35. The van der Waals surface area contributed by atoms with Gasteiger partial charge in [-0.2, -0.15) is 0 Å². The minimum Gasteiger partial charge on any atom is -0.327 e. The van der Waals surface area contributed by atoms with Crippen LogP contribution in [0.3, 0.4) is 0 Å². The van der Waals surface area contributed by atoms with Crippen molar-refractivity contribution in [2.45, 2.75) is 31.0 Å². The second-order valence-electron chi connectivity index (χ2n) is 10.7. The maximum Gasteiger partial charge on any atom is 0.241 e. The summed E-state index contributed by atoms with van der Waals surface area (Å²) in [6, 6.07) is 55.2. The van der Waals surface area contributed by atoms with E-state index in [1.54, 1.807) is 0 Å². The van der Waals surface area contributed by atoms with E-state index < -0.39 is 9.52 Å². The van der Waals surface area contributed by atoms with E-state index in [2.05, 4.69) is 174 Å². The smallest absolute Gasteiger partial charge is 0.241 e. The van der Waals surface area contributed by atoms with Gasteiger partial charge in [0.1, 0.15) is 0 Å². The first-order chi connectivity index (χ1) is 20.8. The molecule has 0 bridgehead atoms. The summed E-state index contributed by atoms with van der Waals surface area (Å²) >= 11 is 0. The van der Waals surface area contributed by atoms with E-state index >= 15 is 0 Å². The molecule has 2 nitrogen and oxygen atoms in total. The second kappa shape index (κ2) is 15.0. The van der Waals surface area contributed by atoms with Gasteiger partial charge < -0.3 is 4.57 Å². The fraction of sp³-hybridized carbons (Fsp3) is 0.132. The zero-order valence-corrected chi connectivity index (χ0v) is 25.9. The molecule has 1 heterocycles. The van der Waals surface area contributed by atoms with Crippen molar-refractivity contribution in [1.29, 1.82) is 0 Å². The Labute approximate surface area is 254 Å². The number of unbranched alkanes of at least 4 members (excludes halogenated alkanes) is 1. The van der Waals surface area contributed by atoms with E-state index in [-0.39, 0.29) is 5.16 Å². The maximum atomic E-state index is 4.35. The lowest BCUT2D eigenvalue weighted by Gasteiger charge is -2.37. The Morgan fingerprint density at radius 3 is 1.36 bits per heavy atom. The van der Waals surface area contributed by atoms with Crippen molar-refractivity contribution in [3.63, 3.8) is 0 Å². The lowest BCUT2D eigenvalue weighted by molar-refractivity contribution is 0.588. The van der Waals surface area contributed by atoms with Crippen molar-refractivity contribution in [3.05, 3.63) is 182 Å². The lowest BCUT2D eigenvalue weighted by Crippen LogP contribution is -2.51. The fourth-order valence-electron chi connectivity index (χ4n) is 5.94. The standard InChI is InChI=1S/C20H24N2Si.C18H15B/c1-2-3-16-23-20(22-15-14-21-17-22,18-10-6-4-7-11-18)19-12-8-5-9-13-19;1-4-10-16(11-5-1)19(17-12-6-2-7-13-17)18-14-8-3-9-15-18/h4-15,17H,2-3,16,23H2,1H3;1-15H. The highest BCUT2D eigenvalue weighted by atomic mass is 28.2. The van der Waals surface area contributed by atoms with Crippen LogP contribution in [0, 0.1) is 0 Å². The van der Waals surface area contributed by atoms with Gasteiger partial charge in [-0.1, -0.05) is 194 Å². The largest absolute Gasteiger partial charge is 0.327 e. The lowest BCUT2D eigenvalue weighted by atomic mass is 9.37. The molecule has 0 aliphatic carbocycles. The van der Waals surface area contributed by atoms with Crippen LogP contribution < -0.4 is 16.4 Å². The third-order valence-electron chi connectivity index (χ3n) is 7.99. The van der Waals surface area contributed by atoms with E-state index in [0.29, 0.717) is 6.71 Å². The number of imidazole rings is 1. The van der Waals surface area contributed by atoms with Gasteiger partial charge in [-0.3, -0.25) is 0 Å². The summed E-state index contributed by atoms with van der Waals surface area (Å²) in [4.78, 5) is 4.35. The highest BCUT2D eigenvalue weighted by molar-refractivity contribution is 6.95. The third kappa shape index (κ3) is 6.90. The average Bonchev–Trinajstić information content (AvgIpc) is 3.62. The van der Waals surface area contributed by atoms with E-state index in [1.165, 1.54) is 46.4 Å². The van der Waals surface area contributed by atoms with Crippen LogP contribution in [-0.2, 0) is 5.16 Å². The van der Waals surface area contributed by atoms with Crippen LogP contribution in [0.1, 0.15) is 30.9 Å². The van der Waals surface area contributed by atoms with Crippen LogP contribution in [0.25, 0.3) is 0 Å². The van der Waals surface area contributed by atoms with Crippen LogP contribution in [0.15, 0.2) is 170 Å². The molecule has 0 spiro atoms. The normalized spacial score (nSPS) is 11.2. The SMILES string of the molecule is CCCC[SiH2]C(c1ccccc1)(c1ccccc1)n1ccnc1.c1ccc(B(c2ccccc2)c2ccccc2)cc1. The van der Waals surface area contributed by atoms with Gasteiger partial charge in [0, 0.05) is 12.4 Å². The Morgan fingerprint density at radius 1 is 0.595 bits per heavy atom. The minimum absolute atomic E-state index is 0.0474. The summed E-state index contributed by atoms with van der Waals surface area (Å²) in [5.41, 5.74) is 6.76. The van der Waals surface area contributed by atoms with Gasteiger partial charge >= 0.3 is 0 Å². The molecule has 0 atom stereocenters. The third-order valence-corrected chi connectivity index (χ3v) is 10.7. The average molecular weight is 563 g/mol. The Morgan fingerprint density at radius 2 is 1.00 bits per heavy atom. The highest BCUT2D eigenvalue weighted by Crippen LogP contribution is 2.34. The number of aromatic nitrogens is 2. The molecule has 0 N–H and O–H groups in total. The van der Waals surface area contributed by atoms with Crippen molar-refractivity contribution in [3.8, 4) is 0 Å². The van der Waals surface area contributed by atoms with Crippen LogP contribution in [0.2, 0.25) is 6.04 Å². The molecular formula is C38H39BN2Si. The predicted molar refractivity (Wildman–Crippen MR) is 184 cm³/mol. The van der Waals surface area contributed by atoms with Gasteiger partial charge in [0.15, 0.2) is 0 Å². The molecular weight excluding hydrogens is 523 g/mol. The second-order valence-corrected chi connectivity index (χ2v) is 12.9. The monoisotopic (exact) mass is 562 g/mol. The van der Waals surface area contributed by atoms with Crippen LogP contribution >= 0.6 is 0 Å². The molecule has 5 aromatic carbocycles. The molecule has 0 amide bonds. The molecule has 0 unspecified atom stereocenters. The van der Waals surface area contributed by atoms with Crippen molar-refractivity contribution in [1.82, 2.24) is 9.55 Å². The van der Waals surface area contributed by atoms with Gasteiger partial charge in [0.2, 0.25) is 6.71 Å². The predicted octanol–water partition coefficient (Wildman–Crippen LogP) is 6.22. The first kappa shape index (κ1) is 29.1. The van der Waals surface area contributed by atoms with Crippen molar-refractivity contribution < 1.29 is 0 Å². The Hall–Kier alpha value is -4.41. The molecule has 0 radical (unpaired) electrons. The fourth-order valence-corrected chi connectivity index (χ4v) is 8.70. The number of hydrogen-bond donors (Lipinski definition) is 0. The molecule has 0 saturated carbocycles. The van der Waals surface area contributed by atoms with Gasteiger partial charge in [0.25, 0.3) is 0 Å². The van der Waals surface area contributed by atoms with E-state index in [1.807, 2.05) is 12.5 Å². The zero-order valence-electron chi connectivity index (χ0n) is 24.5. The Bertz CT molecular complexity index is 1430. The maximum absolute atomic E-state index is 4.35. The summed E-state index contributed by atoms with van der Waals surface area (Å²) in [7, 11) is -0.435. The summed E-state index contributed by atoms with van der Waals surface area (Å²) < 4.78 is 2.33. The van der Waals surface area contributed by atoms with Gasteiger partial charge in [-0.25, -0.2) is 4.98 Å². The molecule has 42 heavy (non-hydrogen) atoms. The number of nitrogens with zero attached hydrogens (tertiary/aromatic N) is 2. The van der Waals surface area contributed by atoms with Gasteiger partial charge in [-0.15, -0.1) is 0 Å². The topological polar surface area (TPSA) is 17.8 Å². The van der Waals surface area contributed by atoms with E-state index in [0.717, 1.165) is 0 Å². The molecule has 6 rings (SSSR count). The minimum atomic E-state index is -0.435. The molecule has 0 saturated heterocycles. The van der Waals surface area contributed by atoms with Crippen LogP contribution in [-0.4, -0.2) is 25.8 Å². The molecule has 1 aromatic heterocycles.